The zero-order chi connectivity index (χ0) is 17.4. The zero-order valence-corrected chi connectivity index (χ0v) is 16.6. The van der Waals surface area contributed by atoms with E-state index in [0.29, 0.717) is 25.6 Å². The van der Waals surface area contributed by atoms with Crippen LogP contribution in [-0.2, 0) is 6.54 Å². The van der Waals surface area contributed by atoms with Crippen molar-refractivity contribution in [2.24, 2.45) is 4.99 Å². The predicted molar refractivity (Wildman–Crippen MR) is 104 cm³/mol. The highest BCUT2D eigenvalue weighted by molar-refractivity contribution is 9.10. The Morgan fingerprint density at radius 1 is 1.38 bits per heavy atom. The summed E-state index contributed by atoms with van der Waals surface area (Å²) < 4.78 is 6.70. The Morgan fingerprint density at radius 2 is 2.21 bits per heavy atom. The van der Waals surface area contributed by atoms with Gasteiger partial charge in [-0.1, -0.05) is 35.8 Å². The van der Waals surface area contributed by atoms with E-state index in [1.54, 1.807) is 18.4 Å². The normalized spacial score (nSPS) is 11.6. The second kappa shape index (κ2) is 9.64. The number of ether oxygens (including phenoxy) is 1. The van der Waals surface area contributed by atoms with E-state index < -0.39 is 0 Å². The zero-order valence-electron chi connectivity index (χ0n) is 14.2. The van der Waals surface area contributed by atoms with Crippen LogP contribution in [0, 0.1) is 0 Å². The summed E-state index contributed by atoms with van der Waals surface area (Å²) in [7, 11) is 1.76. The number of guanidine groups is 1. The minimum absolute atomic E-state index is 0.461. The molecule has 1 aromatic heterocycles. The van der Waals surface area contributed by atoms with E-state index in [-0.39, 0.29) is 0 Å². The summed E-state index contributed by atoms with van der Waals surface area (Å²) in [4.78, 5) is 8.82. The summed E-state index contributed by atoms with van der Waals surface area (Å²) in [6, 6.07) is 7.81. The van der Waals surface area contributed by atoms with Gasteiger partial charge in [0.2, 0.25) is 0 Å². The van der Waals surface area contributed by atoms with Gasteiger partial charge in [-0.05, 0) is 24.1 Å². The maximum Gasteiger partial charge on any atom is 0.191 e. The monoisotopic (exact) mass is 410 g/mol. The summed E-state index contributed by atoms with van der Waals surface area (Å²) in [5, 5.41) is 9.68. The van der Waals surface area contributed by atoms with Crippen LogP contribution in [0.2, 0.25) is 0 Å². The van der Waals surface area contributed by atoms with Gasteiger partial charge in [0.15, 0.2) is 5.96 Å². The van der Waals surface area contributed by atoms with Gasteiger partial charge in [-0.15, -0.1) is 11.3 Å². The first-order valence-electron chi connectivity index (χ1n) is 7.85. The van der Waals surface area contributed by atoms with Crippen LogP contribution in [0.25, 0.3) is 0 Å². The smallest absolute Gasteiger partial charge is 0.191 e. The molecule has 0 saturated heterocycles. The lowest BCUT2D eigenvalue weighted by Crippen LogP contribution is -2.38. The Kier molecular flexibility index (Phi) is 7.52. The van der Waals surface area contributed by atoms with Crippen molar-refractivity contribution in [3.63, 3.8) is 0 Å². The lowest BCUT2D eigenvalue weighted by atomic mass is 10.2. The Hall–Kier alpha value is -1.60. The molecule has 0 unspecified atom stereocenters. The van der Waals surface area contributed by atoms with Crippen molar-refractivity contribution >= 4 is 33.2 Å². The molecule has 130 valence electrons. The van der Waals surface area contributed by atoms with Gasteiger partial charge in [-0.25, -0.2) is 4.98 Å². The number of aliphatic imine (C=N–C) groups is 1. The van der Waals surface area contributed by atoms with E-state index in [1.165, 1.54) is 0 Å². The Balaban J connectivity index is 1.70. The standard InChI is InChI=1S/C17H23BrN4OS/c1-12(2)15-11-24-16(22-15)10-21-17(19-3)20-7-8-23-14-6-4-5-13(18)9-14/h4-6,9,11-12H,7-8,10H2,1-3H3,(H2,19,20,21). The van der Waals surface area contributed by atoms with E-state index >= 15 is 0 Å². The highest BCUT2D eigenvalue weighted by atomic mass is 79.9. The number of nitrogens with one attached hydrogen (secondary N) is 2. The van der Waals surface area contributed by atoms with Crippen LogP contribution < -0.4 is 15.4 Å². The van der Waals surface area contributed by atoms with Crippen molar-refractivity contribution in [3.8, 4) is 5.75 Å². The predicted octanol–water partition coefficient (Wildman–Crippen LogP) is 3.77. The largest absolute Gasteiger partial charge is 0.492 e. The number of thiazole rings is 1. The van der Waals surface area contributed by atoms with Gasteiger partial charge in [-0.3, -0.25) is 4.99 Å². The number of aromatic nitrogens is 1. The maximum absolute atomic E-state index is 5.69. The molecular formula is C17H23BrN4OS. The fourth-order valence-electron chi connectivity index (χ4n) is 1.95. The fourth-order valence-corrected chi connectivity index (χ4v) is 3.22. The fraction of sp³-hybridized carbons (Fsp3) is 0.412. The van der Waals surface area contributed by atoms with Gasteiger partial charge in [0, 0.05) is 16.9 Å². The van der Waals surface area contributed by atoms with Crippen molar-refractivity contribution in [1.82, 2.24) is 15.6 Å². The summed E-state index contributed by atoms with van der Waals surface area (Å²) in [6.07, 6.45) is 0. The van der Waals surface area contributed by atoms with Crippen LogP contribution in [0.4, 0.5) is 0 Å². The van der Waals surface area contributed by atoms with Crippen LogP contribution >= 0.6 is 27.3 Å². The lowest BCUT2D eigenvalue weighted by molar-refractivity contribution is 0.321. The molecule has 2 aromatic rings. The summed E-state index contributed by atoms with van der Waals surface area (Å²) >= 11 is 5.10. The molecule has 0 bridgehead atoms. The Morgan fingerprint density at radius 3 is 2.88 bits per heavy atom. The molecular weight excluding hydrogens is 388 g/mol. The third-order valence-electron chi connectivity index (χ3n) is 3.25. The molecule has 0 aliphatic heterocycles. The van der Waals surface area contributed by atoms with Crippen molar-refractivity contribution < 1.29 is 4.74 Å². The third-order valence-corrected chi connectivity index (χ3v) is 4.61. The second-order valence-electron chi connectivity index (χ2n) is 5.48. The number of nitrogens with zero attached hydrogens (tertiary/aromatic N) is 2. The van der Waals surface area contributed by atoms with Crippen molar-refractivity contribution in [2.45, 2.75) is 26.3 Å². The lowest BCUT2D eigenvalue weighted by Gasteiger charge is -2.12. The van der Waals surface area contributed by atoms with Crippen molar-refractivity contribution in [2.75, 3.05) is 20.2 Å². The summed E-state index contributed by atoms with van der Waals surface area (Å²) in [6.45, 7) is 6.20. The van der Waals surface area contributed by atoms with E-state index in [2.05, 4.69) is 55.8 Å². The van der Waals surface area contributed by atoms with E-state index in [4.69, 9.17) is 4.74 Å². The molecule has 24 heavy (non-hydrogen) atoms. The van der Waals surface area contributed by atoms with Gasteiger partial charge >= 0.3 is 0 Å². The average molecular weight is 411 g/mol. The van der Waals surface area contributed by atoms with Crippen LogP contribution in [0.1, 0.15) is 30.5 Å². The van der Waals surface area contributed by atoms with Crippen LogP contribution in [0.15, 0.2) is 39.1 Å². The molecule has 0 atom stereocenters. The third kappa shape index (κ3) is 6.13. The van der Waals surface area contributed by atoms with Gasteiger partial charge in [0.05, 0.1) is 18.8 Å². The van der Waals surface area contributed by atoms with Gasteiger partial charge in [0.1, 0.15) is 17.4 Å². The van der Waals surface area contributed by atoms with Crippen LogP contribution in [-0.4, -0.2) is 31.1 Å². The molecule has 1 heterocycles. The summed E-state index contributed by atoms with van der Waals surface area (Å²) in [5.41, 5.74) is 1.14. The van der Waals surface area contributed by atoms with Crippen LogP contribution in [0.3, 0.4) is 0 Å². The topological polar surface area (TPSA) is 58.5 Å². The number of hydrogen-bond donors (Lipinski definition) is 2. The molecule has 2 N–H and O–H groups in total. The highest BCUT2D eigenvalue weighted by Gasteiger charge is 2.06. The molecule has 7 heteroatoms. The number of hydrogen-bond acceptors (Lipinski definition) is 4. The molecule has 0 spiro atoms. The highest BCUT2D eigenvalue weighted by Crippen LogP contribution is 2.18. The molecule has 1 aromatic carbocycles. The first kappa shape index (κ1) is 18.7. The average Bonchev–Trinajstić information content (AvgIpc) is 3.03. The van der Waals surface area contributed by atoms with Crippen molar-refractivity contribution in [3.05, 3.63) is 44.8 Å². The molecule has 5 nitrogen and oxygen atoms in total. The number of halogens is 1. The molecule has 0 aliphatic rings. The SMILES string of the molecule is CN=C(NCCOc1cccc(Br)c1)NCc1nc(C(C)C)cs1. The van der Waals surface area contributed by atoms with Gasteiger partial charge in [0.25, 0.3) is 0 Å². The second-order valence-corrected chi connectivity index (χ2v) is 7.34. The summed E-state index contributed by atoms with van der Waals surface area (Å²) in [5.74, 6) is 2.05. The van der Waals surface area contributed by atoms with Crippen LogP contribution in [0.5, 0.6) is 5.75 Å². The minimum Gasteiger partial charge on any atom is -0.492 e. The molecule has 0 aliphatic carbocycles. The minimum atomic E-state index is 0.461. The first-order valence-corrected chi connectivity index (χ1v) is 9.53. The van der Waals surface area contributed by atoms with Gasteiger partial charge < -0.3 is 15.4 Å². The molecule has 2 rings (SSSR count). The van der Waals surface area contributed by atoms with E-state index in [0.717, 1.165) is 26.9 Å². The van der Waals surface area contributed by atoms with Crippen molar-refractivity contribution in [1.29, 1.82) is 0 Å². The first-order chi connectivity index (χ1) is 11.6. The number of rotatable bonds is 7. The molecule has 0 saturated carbocycles. The molecule has 0 radical (unpaired) electrons. The number of benzene rings is 1. The maximum atomic E-state index is 5.69. The quantitative estimate of drug-likeness (QED) is 0.414. The Labute approximate surface area is 155 Å². The molecule has 0 fully saturated rings. The van der Waals surface area contributed by atoms with E-state index in [1.807, 2.05) is 24.3 Å². The molecule has 0 amide bonds. The Bertz CT molecular complexity index is 672. The van der Waals surface area contributed by atoms with Gasteiger partial charge in [-0.2, -0.15) is 0 Å². The van der Waals surface area contributed by atoms with E-state index in [9.17, 15) is 0 Å².